The Balaban J connectivity index is 1.19. The summed E-state index contributed by atoms with van der Waals surface area (Å²) >= 11 is 1.47. The van der Waals surface area contributed by atoms with Gasteiger partial charge in [-0.1, -0.05) is 12.1 Å². The smallest absolute Gasteiger partial charge is 0.264 e. The molecule has 1 aliphatic carbocycles. The normalized spacial score (nSPS) is 22.1. The number of H-pyrrole nitrogens is 1. The quantitative estimate of drug-likeness (QED) is 0.589. The molecule has 1 saturated carbocycles. The highest BCUT2D eigenvalue weighted by Crippen LogP contribution is 2.47. The van der Waals surface area contributed by atoms with Crippen molar-refractivity contribution in [2.45, 2.75) is 25.3 Å². The van der Waals surface area contributed by atoms with Crippen molar-refractivity contribution in [3.63, 3.8) is 0 Å². The fourth-order valence-corrected chi connectivity index (χ4v) is 5.03. The van der Waals surface area contributed by atoms with Crippen LogP contribution in [0.5, 0.6) is 0 Å². The molecule has 5 rings (SSSR count). The number of benzene rings is 1. The SMILES string of the molecule is C[C@@H](NC(=O)[C@@H]1C[C@H]1c1nc2ccccc2[nH]1)c1ccc(C(=O)N2CCNCC2)s1. The Labute approximate surface area is 178 Å². The predicted molar refractivity (Wildman–Crippen MR) is 117 cm³/mol. The van der Waals surface area contributed by atoms with E-state index < -0.39 is 0 Å². The molecule has 2 aromatic heterocycles. The fourth-order valence-electron chi connectivity index (χ4n) is 4.05. The number of piperazine rings is 1. The van der Waals surface area contributed by atoms with E-state index in [0.717, 1.165) is 59.2 Å². The number of rotatable bonds is 5. The number of aromatic nitrogens is 2. The van der Waals surface area contributed by atoms with Crippen molar-refractivity contribution in [2.24, 2.45) is 5.92 Å². The average Bonchev–Trinajstić information content (AvgIpc) is 3.21. The minimum Gasteiger partial charge on any atom is -0.349 e. The number of nitrogens with one attached hydrogen (secondary N) is 3. The maximum Gasteiger partial charge on any atom is 0.264 e. The number of hydrogen-bond donors (Lipinski definition) is 3. The molecule has 0 radical (unpaired) electrons. The van der Waals surface area contributed by atoms with Gasteiger partial charge in [0.05, 0.1) is 22.0 Å². The first-order valence-corrected chi connectivity index (χ1v) is 11.3. The topological polar surface area (TPSA) is 90.1 Å². The van der Waals surface area contributed by atoms with Crippen molar-refractivity contribution in [2.75, 3.05) is 26.2 Å². The number of thiophene rings is 1. The molecular formula is C22H25N5O2S. The van der Waals surface area contributed by atoms with Crippen LogP contribution in [0.25, 0.3) is 11.0 Å². The summed E-state index contributed by atoms with van der Waals surface area (Å²) in [5.74, 6) is 1.13. The highest BCUT2D eigenvalue weighted by molar-refractivity contribution is 7.14. The summed E-state index contributed by atoms with van der Waals surface area (Å²) in [6.45, 7) is 5.13. The van der Waals surface area contributed by atoms with Crippen LogP contribution < -0.4 is 10.6 Å². The lowest BCUT2D eigenvalue weighted by atomic mass is 10.2. The van der Waals surface area contributed by atoms with Gasteiger partial charge in [0, 0.05) is 42.9 Å². The molecule has 3 heterocycles. The molecule has 3 atom stereocenters. The highest BCUT2D eigenvalue weighted by Gasteiger charge is 2.46. The number of hydrogen-bond acceptors (Lipinski definition) is 5. The summed E-state index contributed by atoms with van der Waals surface area (Å²) in [5, 5.41) is 6.38. The van der Waals surface area contributed by atoms with E-state index in [4.69, 9.17) is 0 Å². The fraction of sp³-hybridized carbons (Fsp3) is 0.409. The third-order valence-corrected chi connectivity index (χ3v) is 7.17. The first kappa shape index (κ1) is 19.3. The number of carbonyl (C=O) groups excluding carboxylic acids is 2. The van der Waals surface area contributed by atoms with Gasteiger partial charge in [-0.3, -0.25) is 9.59 Å². The van der Waals surface area contributed by atoms with Gasteiger partial charge in [-0.25, -0.2) is 4.98 Å². The lowest BCUT2D eigenvalue weighted by Crippen LogP contribution is -2.46. The Kier molecular flexibility index (Phi) is 5.04. The van der Waals surface area contributed by atoms with Crippen LogP contribution in [0.15, 0.2) is 36.4 Å². The van der Waals surface area contributed by atoms with E-state index in [1.54, 1.807) is 0 Å². The summed E-state index contributed by atoms with van der Waals surface area (Å²) in [5.41, 5.74) is 1.94. The summed E-state index contributed by atoms with van der Waals surface area (Å²) in [6.07, 6.45) is 0.815. The molecule has 8 heteroatoms. The van der Waals surface area contributed by atoms with Crippen LogP contribution in [0.2, 0.25) is 0 Å². The molecule has 0 unspecified atom stereocenters. The zero-order chi connectivity index (χ0) is 20.7. The summed E-state index contributed by atoms with van der Waals surface area (Å²) in [6, 6.07) is 11.6. The predicted octanol–water partition coefficient (Wildman–Crippen LogP) is 2.65. The summed E-state index contributed by atoms with van der Waals surface area (Å²) in [7, 11) is 0. The van der Waals surface area contributed by atoms with Crippen LogP contribution in [0, 0.1) is 5.92 Å². The van der Waals surface area contributed by atoms with Gasteiger partial charge in [0.15, 0.2) is 0 Å². The van der Waals surface area contributed by atoms with Gasteiger partial charge in [0.25, 0.3) is 5.91 Å². The minimum absolute atomic E-state index is 0.0464. The van der Waals surface area contributed by atoms with Crippen LogP contribution >= 0.6 is 11.3 Å². The Bertz CT molecular complexity index is 1050. The first-order chi connectivity index (χ1) is 14.6. The lowest BCUT2D eigenvalue weighted by molar-refractivity contribution is -0.123. The molecular weight excluding hydrogens is 398 g/mol. The molecule has 3 aromatic rings. The molecule has 3 N–H and O–H groups in total. The van der Waals surface area contributed by atoms with E-state index in [9.17, 15) is 9.59 Å². The Morgan fingerprint density at radius 1 is 1.20 bits per heavy atom. The zero-order valence-corrected chi connectivity index (χ0v) is 17.7. The monoisotopic (exact) mass is 423 g/mol. The molecule has 7 nitrogen and oxygen atoms in total. The van der Waals surface area contributed by atoms with Gasteiger partial charge < -0.3 is 20.5 Å². The number of fused-ring (bicyclic) bond motifs is 1. The van der Waals surface area contributed by atoms with E-state index in [2.05, 4.69) is 20.6 Å². The van der Waals surface area contributed by atoms with Crippen molar-refractivity contribution in [3.05, 3.63) is 52.0 Å². The van der Waals surface area contributed by atoms with Crippen molar-refractivity contribution in [1.29, 1.82) is 0 Å². The molecule has 1 saturated heterocycles. The second-order valence-electron chi connectivity index (χ2n) is 8.06. The first-order valence-electron chi connectivity index (χ1n) is 10.4. The number of amides is 2. The van der Waals surface area contributed by atoms with Crippen molar-refractivity contribution in [1.82, 2.24) is 25.5 Å². The molecule has 1 aromatic carbocycles. The Hall–Kier alpha value is -2.71. The molecule has 0 spiro atoms. The Morgan fingerprint density at radius 2 is 2.00 bits per heavy atom. The number of carbonyl (C=O) groups is 2. The third kappa shape index (κ3) is 3.73. The Morgan fingerprint density at radius 3 is 2.80 bits per heavy atom. The highest BCUT2D eigenvalue weighted by atomic mass is 32.1. The second kappa shape index (κ2) is 7.85. The van der Waals surface area contributed by atoms with Crippen LogP contribution in [0.4, 0.5) is 0 Å². The van der Waals surface area contributed by atoms with Crippen LogP contribution in [0.3, 0.4) is 0 Å². The van der Waals surface area contributed by atoms with Gasteiger partial charge in [0.2, 0.25) is 5.91 Å². The van der Waals surface area contributed by atoms with Gasteiger partial charge in [-0.05, 0) is 37.6 Å². The lowest BCUT2D eigenvalue weighted by Gasteiger charge is -2.26. The van der Waals surface area contributed by atoms with Gasteiger partial charge in [0.1, 0.15) is 5.82 Å². The van der Waals surface area contributed by atoms with Crippen LogP contribution in [-0.4, -0.2) is 52.9 Å². The number of imidazole rings is 1. The number of nitrogens with zero attached hydrogens (tertiary/aromatic N) is 2. The van der Waals surface area contributed by atoms with Gasteiger partial charge in [-0.15, -0.1) is 11.3 Å². The van der Waals surface area contributed by atoms with E-state index >= 15 is 0 Å². The largest absolute Gasteiger partial charge is 0.349 e. The summed E-state index contributed by atoms with van der Waals surface area (Å²) in [4.78, 5) is 37.0. The van der Waals surface area contributed by atoms with Gasteiger partial charge >= 0.3 is 0 Å². The molecule has 2 aliphatic rings. The van der Waals surface area contributed by atoms with E-state index in [1.165, 1.54) is 11.3 Å². The number of aromatic amines is 1. The molecule has 0 bridgehead atoms. The maximum atomic E-state index is 12.7. The van der Waals surface area contributed by atoms with Gasteiger partial charge in [-0.2, -0.15) is 0 Å². The van der Waals surface area contributed by atoms with E-state index in [1.807, 2.05) is 48.2 Å². The van der Waals surface area contributed by atoms with Crippen molar-refractivity contribution >= 4 is 34.2 Å². The summed E-state index contributed by atoms with van der Waals surface area (Å²) < 4.78 is 0. The second-order valence-corrected chi connectivity index (χ2v) is 9.18. The van der Waals surface area contributed by atoms with Crippen LogP contribution in [0.1, 0.15) is 45.7 Å². The average molecular weight is 424 g/mol. The molecule has 1 aliphatic heterocycles. The third-order valence-electron chi connectivity index (χ3n) is 5.91. The molecule has 2 fully saturated rings. The standard InChI is InChI=1S/C22H25N5O2S/c1-13(18-6-7-19(30-18)22(29)27-10-8-23-9-11-27)24-21(28)15-12-14(15)20-25-16-4-2-3-5-17(16)26-20/h2-7,13-15,23H,8-12H2,1H3,(H,24,28)(H,25,26)/t13-,14-,15-/m1/s1. The zero-order valence-electron chi connectivity index (χ0n) is 16.9. The molecule has 30 heavy (non-hydrogen) atoms. The molecule has 2 amide bonds. The molecule has 156 valence electrons. The van der Waals surface area contributed by atoms with Crippen LogP contribution in [-0.2, 0) is 4.79 Å². The minimum atomic E-state index is -0.121. The van der Waals surface area contributed by atoms with E-state index in [0.29, 0.717) is 0 Å². The maximum absolute atomic E-state index is 12.7. The van der Waals surface area contributed by atoms with Crippen molar-refractivity contribution in [3.8, 4) is 0 Å². The number of para-hydroxylation sites is 2. The van der Waals surface area contributed by atoms with Crippen molar-refractivity contribution < 1.29 is 9.59 Å². The van der Waals surface area contributed by atoms with E-state index in [-0.39, 0.29) is 29.7 Å².